The van der Waals surface area contributed by atoms with E-state index in [0.29, 0.717) is 9.81 Å². The molecule has 0 saturated heterocycles. The van der Waals surface area contributed by atoms with Gasteiger partial charge in [-0.15, -0.1) is 0 Å². The van der Waals surface area contributed by atoms with Gasteiger partial charge in [0.05, 0.1) is 47.2 Å². The SMILES string of the molecule is O=[N+]([O-])c1cc2c(c([N+](=O)[O-])c1)-c1c(cc([N+](=O)[O-])cc1[N+](=O)[O-])C2=C1SC2=C(CSC2)S1. The van der Waals surface area contributed by atoms with Crippen LogP contribution >= 0.6 is 35.3 Å². The zero-order chi connectivity index (χ0) is 23.6. The monoisotopic (exact) mass is 504 g/mol. The van der Waals surface area contributed by atoms with E-state index in [1.807, 2.05) is 0 Å². The van der Waals surface area contributed by atoms with E-state index in [0.717, 1.165) is 45.6 Å². The third kappa shape index (κ3) is 3.27. The molecule has 1 aliphatic carbocycles. The average Bonchev–Trinajstić information content (AvgIpc) is 3.42. The Hall–Kier alpha value is -3.43. The van der Waals surface area contributed by atoms with Crippen LogP contribution in [0.25, 0.3) is 16.7 Å². The predicted molar refractivity (Wildman–Crippen MR) is 124 cm³/mol. The Bertz CT molecular complexity index is 1320. The quantitative estimate of drug-likeness (QED) is 0.326. The van der Waals surface area contributed by atoms with E-state index in [2.05, 4.69) is 0 Å². The van der Waals surface area contributed by atoms with Crippen molar-refractivity contribution in [3.05, 3.63) is 89.9 Å². The van der Waals surface area contributed by atoms with E-state index in [1.165, 1.54) is 23.5 Å². The number of fused-ring (bicyclic) bond motifs is 3. The van der Waals surface area contributed by atoms with Crippen LogP contribution in [0.2, 0.25) is 0 Å². The van der Waals surface area contributed by atoms with Gasteiger partial charge in [-0.1, -0.05) is 23.5 Å². The Morgan fingerprint density at radius 1 is 0.636 bits per heavy atom. The summed E-state index contributed by atoms with van der Waals surface area (Å²) in [6.45, 7) is 0. The predicted octanol–water partition coefficient (Wildman–Crippen LogP) is 5.46. The maximum absolute atomic E-state index is 11.9. The highest BCUT2D eigenvalue weighted by Crippen LogP contribution is 2.62. The summed E-state index contributed by atoms with van der Waals surface area (Å²) < 4.78 is 0.630. The maximum Gasteiger partial charge on any atom is 0.284 e. The Kier molecular flexibility index (Phi) is 4.91. The molecule has 3 aliphatic rings. The van der Waals surface area contributed by atoms with E-state index in [9.17, 15) is 40.5 Å². The van der Waals surface area contributed by atoms with Gasteiger partial charge in [0.25, 0.3) is 22.7 Å². The molecule has 2 aromatic carbocycles. The molecule has 166 valence electrons. The summed E-state index contributed by atoms with van der Waals surface area (Å²) in [5.41, 5.74) is -2.27. The van der Waals surface area contributed by atoms with Crippen molar-refractivity contribution in [3.63, 3.8) is 0 Å². The van der Waals surface area contributed by atoms with E-state index in [-0.39, 0.29) is 22.3 Å². The first-order valence-electron chi connectivity index (χ1n) is 9.02. The Labute approximate surface area is 195 Å². The zero-order valence-corrected chi connectivity index (χ0v) is 18.5. The third-order valence-electron chi connectivity index (χ3n) is 5.22. The lowest BCUT2D eigenvalue weighted by molar-refractivity contribution is -0.395. The standard InChI is InChI=1S/C18H8N4O8S3/c23-19(24)7-1-9-15(18-32-13-5-31-6-14(13)33-18)10-2-8(20(25)26)4-12(22(29)30)17(10)16(9)11(3-7)21(27)28/h1-4H,5-6H2. The molecule has 2 heterocycles. The van der Waals surface area contributed by atoms with Crippen molar-refractivity contribution in [1.29, 1.82) is 0 Å². The maximum atomic E-state index is 11.9. The van der Waals surface area contributed by atoms with Crippen LogP contribution in [-0.2, 0) is 0 Å². The molecular weight excluding hydrogens is 496 g/mol. The molecule has 0 N–H and O–H groups in total. The minimum Gasteiger partial charge on any atom is -0.258 e. The first-order valence-corrected chi connectivity index (χ1v) is 11.8. The topological polar surface area (TPSA) is 173 Å². The highest BCUT2D eigenvalue weighted by molar-refractivity contribution is 8.30. The van der Waals surface area contributed by atoms with Crippen LogP contribution in [-0.4, -0.2) is 31.2 Å². The number of nitrogens with zero attached hydrogens (tertiary/aromatic N) is 4. The number of non-ortho nitro benzene ring substituents is 2. The zero-order valence-electron chi connectivity index (χ0n) is 16.0. The molecule has 2 aliphatic heterocycles. The summed E-state index contributed by atoms with van der Waals surface area (Å²) in [5, 5.41) is 46.7. The second kappa shape index (κ2) is 7.57. The molecule has 33 heavy (non-hydrogen) atoms. The van der Waals surface area contributed by atoms with Gasteiger partial charge in [0.15, 0.2) is 0 Å². The molecule has 0 radical (unpaired) electrons. The molecule has 15 heteroatoms. The summed E-state index contributed by atoms with van der Waals surface area (Å²) in [7, 11) is 0. The molecule has 5 rings (SSSR count). The van der Waals surface area contributed by atoms with Crippen LogP contribution in [0.4, 0.5) is 22.7 Å². The summed E-state index contributed by atoms with van der Waals surface area (Å²) in [6, 6.07) is 3.79. The number of nitro benzene ring substituents is 4. The number of hydrogen-bond donors (Lipinski definition) is 0. The van der Waals surface area contributed by atoms with E-state index < -0.39 is 42.4 Å². The molecule has 0 fully saturated rings. The van der Waals surface area contributed by atoms with Gasteiger partial charge in [0.2, 0.25) is 0 Å². The molecule has 12 nitrogen and oxygen atoms in total. The van der Waals surface area contributed by atoms with Gasteiger partial charge in [0.1, 0.15) is 0 Å². The van der Waals surface area contributed by atoms with Crippen LogP contribution in [0.1, 0.15) is 11.1 Å². The van der Waals surface area contributed by atoms with Gasteiger partial charge >= 0.3 is 0 Å². The molecule has 0 spiro atoms. The summed E-state index contributed by atoms with van der Waals surface area (Å²) in [5.74, 6) is 1.52. The van der Waals surface area contributed by atoms with Crippen LogP contribution in [0.3, 0.4) is 0 Å². The normalized spacial score (nSPS) is 16.0. The fourth-order valence-electron chi connectivity index (χ4n) is 3.92. The summed E-state index contributed by atoms with van der Waals surface area (Å²) in [4.78, 5) is 45.6. The molecule has 0 atom stereocenters. The van der Waals surface area contributed by atoms with Gasteiger partial charge in [-0.25, -0.2) is 0 Å². The lowest BCUT2D eigenvalue weighted by Crippen LogP contribution is -1.99. The molecular formula is C18H8N4O8S3. The summed E-state index contributed by atoms with van der Waals surface area (Å²) in [6.07, 6.45) is 0. The molecule has 0 bridgehead atoms. The first-order chi connectivity index (χ1) is 15.7. The Morgan fingerprint density at radius 2 is 1.06 bits per heavy atom. The average molecular weight is 504 g/mol. The highest BCUT2D eigenvalue weighted by Gasteiger charge is 2.42. The Morgan fingerprint density at radius 3 is 1.42 bits per heavy atom. The second-order valence-electron chi connectivity index (χ2n) is 7.01. The second-order valence-corrected chi connectivity index (χ2v) is 10.5. The van der Waals surface area contributed by atoms with Gasteiger partial charge in [0, 0.05) is 50.1 Å². The highest BCUT2D eigenvalue weighted by atomic mass is 32.2. The molecule has 0 amide bonds. The van der Waals surface area contributed by atoms with Crippen LogP contribution in [0, 0.1) is 40.5 Å². The van der Waals surface area contributed by atoms with E-state index in [1.54, 1.807) is 11.8 Å². The molecule has 0 saturated carbocycles. The minimum absolute atomic E-state index is 0.0818. The summed E-state index contributed by atoms with van der Waals surface area (Å²) >= 11 is 4.48. The lowest BCUT2D eigenvalue weighted by Gasteiger charge is -2.09. The van der Waals surface area contributed by atoms with Crippen molar-refractivity contribution in [2.24, 2.45) is 0 Å². The third-order valence-corrected chi connectivity index (χ3v) is 9.26. The van der Waals surface area contributed by atoms with E-state index >= 15 is 0 Å². The van der Waals surface area contributed by atoms with E-state index in [4.69, 9.17) is 0 Å². The fraction of sp³-hybridized carbons (Fsp3) is 0.111. The molecule has 0 unspecified atom stereocenters. The molecule has 2 aromatic rings. The largest absolute Gasteiger partial charge is 0.284 e. The number of rotatable bonds is 4. The van der Waals surface area contributed by atoms with Crippen molar-refractivity contribution in [2.45, 2.75) is 0 Å². The van der Waals surface area contributed by atoms with Crippen molar-refractivity contribution in [1.82, 2.24) is 0 Å². The van der Waals surface area contributed by atoms with Crippen molar-refractivity contribution < 1.29 is 19.7 Å². The van der Waals surface area contributed by atoms with Crippen molar-refractivity contribution in [3.8, 4) is 11.1 Å². The fourth-order valence-corrected chi connectivity index (χ4v) is 8.38. The van der Waals surface area contributed by atoms with Crippen LogP contribution < -0.4 is 0 Å². The van der Waals surface area contributed by atoms with Gasteiger partial charge < -0.3 is 0 Å². The van der Waals surface area contributed by atoms with Gasteiger partial charge in [-0.3, -0.25) is 40.5 Å². The lowest BCUT2D eigenvalue weighted by atomic mass is 10.0. The minimum atomic E-state index is -0.835. The van der Waals surface area contributed by atoms with Crippen molar-refractivity contribution in [2.75, 3.05) is 11.5 Å². The number of hydrogen-bond acceptors (Lipinski definition) is 11. The number of benzene rings is 2. The number of nitro groups is 4. The first kappa shape index (κ1) is 21.4. The smallest absolute Gasteiger partial charge is 0.258 e. The van der Waals surface area contributed by atoms with Crippen LogP contribution in [0.15, 0.2) is 38.3 Å². The Balaban J connectivity index is 1.91. The van der Waals surface area contributed by atoms with Gasteiger partial charge in [-0.2, -0.15) is 11.8 Å². The number of thioether (sulfide) groups is 3. The van der Waals surface area contributed by atoms with Gasteiger partial charge in [-0.05, 0) is 0 Å². The van der Waals surface area contributed by atoms with Crippen molar-refractivity contribution >= 4 is 63.6 Å². The molecule has 0 aromatic heterocycles. The van der Waals surface area contributed by atoms with Crippen LogP contribution in [0.5, 0.6) is 0 Å².